The van der Waals surface area contributed by atoms with Gasteiger partial charge in [0.25, 0.3) is 0 Å². The van der Waals surface area contributed by atoms with E-state index in [1.165, 1.54) is 7.11 Å². The number of aryl methyl sites for hydroxylation is 1. The van der Waals surface area contributed by atoms with Crippen molar-refractivity contribution in [2.45, 2.75) is 26.7 Å². The summed E-state index contributed by atoms with van der Waals surface area (Å²) in [6.45, 7) is 3.64. The van der Waals surface area contributed by atoms with E-state index in [0.717, 1.165) is 0 Å². The van der Waals surface area contributed by atoms with Crippen LogP contribution in [-0.2, 0) is 11.2 Å². The molecule has 6 heteroatoms. The number of ketones is 1. The Morgan fingerprint density at radius 3 is 2.77 bits per heavy atom. The number of rotatable bonds is 4. The Kier molecular flexibility index (Phi) is 4.84. The molecule has 1 aromatic carbocycles. The number of methoxy groups -OCH3 is 1. The van der Waals surface area contributed by atoms with Gasteiger partial charge in [0.1, 0.15) is 5.76 Å². The number of hydrogen-bond acceptors (Lipinski definition) is 6. The minimum Gasteiger partial charge on any atom is -0.504 e. The lowest BCUT2D eigenvalue weighted by Gasteiger charge is -2.13. The largest absolute Gasteiger partial charge is 0.504 e. The number of carbonyl (C=O) groups excluding carboxylic acids is 2. The zero-order valence-corrected chi connectivity index (χ0v) is 14.9. The molecule has 6 nitrogen and oxygen atoms in total. The number of esters is 1. The lowest BCUT2D eigenvalue weighted by Crippen LogP contribution is -2.13. The number of phenolic OH excluding ortho intramolecular Hbond substituents is 1. The number of carbonyl (C=O) groups is 2. The van der Waals surface area contributed by atoms with Crippen molar-refractivity contribution in [2.24, 2.45) is 0 Å². The van der Waals surface area contributed by atoms with E-state index < -0.39 is 5.97 Å². The fourth-order valence-corrected chi connectivity index (χ4v) is 3.10. The molecule has 0 saturated carbocycles. The number of hydrogen-bond donors (Lipinski definition) is 1. The fourth-order valence-electron chi connectivity index (χ4n) is 3.10. The van der Waals surface area contributed by atoms with Gasteiger partial charge in [-0.2, -0.15) is 0 Å². The minimum atomic E-state index is -0.558. The second-order valence-electron chi connectivity index (χ2n) is 6.00. The van der Waals surface area contributed by atoms with Gasteiger partial charge in [-0.3, -0.25) is 4.79 Å². The van der Waals surface area contributed by atoms with E-state index in [4.69, 9.17) is 13.9 Å². The Morgan fingerprint density at radius 2 is 2.12 bits per heavy atom. The zero-order valence-electron chi connectivity index (χ0n) is 14.9. The Hall–Kier alpha value is -3.02. The summed E-state index contributed by atoms with van der Waals surface area (Å²) in [7, 11) is 1.47. The van der Waals surface area contributed by atoms with Gasteiger partial charge in [0.05, 0.1) is 19.3 Å². The molecule has 3 rings (SSSR count). The van der Waals surface area contributed by atoms with Crippen LogP contribution in [0.2, 0.25) is 0 Å². The quantitative estimate of drug-likeness (QED) is 0.664. The Labute approximate surface area is 151 Å². The first kappa shape index (κ1) is 17.8. The van der Waals surface area contributed by atoms with Crippen LogP contribution in [0, 0.1) is 6.92 Å². The number of fused-ring (bicyclic) bond motifs is 1. The molecule has 0 bridgehead atoms. The summed E-state index contributed by atoms with van der Waals surface area (Å²) in [4.78, 5) is 24.9. The first-order valence-electron chi connectivity index (χ1n) is 8.37. The third kappa shape index (κ3) is 3.10. The maximum Gasteiger partial charge on any atom is 0.374 e. The number of benzene rings is 1. The summed E-state index contributed by atoms with van der Waals surface area (Å²) in [5.41, 5.74) is 2.23. The van der Waals surface area contributed by atoms with Crippen LogP contribution in [0.25, 0.3) is 6.08 Å². The molecule has 0 atom stereocenters. The van der Waals surface area contributed by atoms with Crippen molar-refractivity contribution in [3.8, 4) is 11.5 Å². The molecule has 0 amide bonds. The van der Waals surface area contributed by atoms with E-state index in [-0.39, 0.29) is 23.9 Å². The molecule has 1 aliphatic rings. The molecule has 136 valence electrons. The predicted octanol–water partition coefficient (Wildman–Crippen LogP) is 3.69. The highest BCUT2D eigenvalue weighted by Gasteiger charge is 2.32. The third-order valence-corrected chi connectivity index (χ3v) is 4.36. The van der Waals surface area contributed by atoms with Crippen LogP contribution in [0.3, 0.4) is 0 Å². The summed E-state index contributed by atoms with van der Waals surface area (Å²) in [5.74, 6) is 0.263. The monoisotopic (exact) mass is 356 g/mol. The first-order valence-corrected chi connectivity index (χ1v) is 8.37. The van der Waals surface area contributed by atoms with Crippen LogP contribution in [0.15, 0.2) is 28.2 Å². The highest BCUT2D eigenvalue weighted by Crippen LogP contribution is 2.34. The number of ether oxygens (including phenoxy) is 2. The van der Waals surface area contributed by atoms with Crippen LogP contribution < -0.4 is 4.74 Å². The Bertz CT molecular complexity index is 903. The molecule has 1 aliphatic carbocycles. The van der Waals surface area contributed by atoms with E-state index in [1.54, 1.807) is 38.1 Å². The van der Waals surface area contributed by atoms with Gasteiger partial charge in [-0.1, -0.05) is 6.07 Å². The highest BCUT2D eigenvalue weighted by atomic mass is 16.5. The van der Waals surface area contributed by atoms with Crippen molar-refractivity contribution in [3.05, 3.63) is 52.0 Å². The molecule has 0 unspecified atom stereocenters. The summed E-state index contributed by atoms with van der Waals surface area (Å²) in [5, 5.41) is 9.90. The number of Topliss-reactive ketones (excluding diaryl/α,β-unsaturated/α-hetero) is 1. The lowest BCUT2D eigenvalue weighted by atomic mass is 9.88. The fraction of sp³-hybridized carbons (Fsp3) is 0.300. The van der Waals surface area contributed by atoms with Gasteiger partial charge in [-0.25, -0.2) is 4.79 Å². The second-order valence-corrected chi connectivity index (χ2v) is 6.00. The maximum absolute atomic E-state index is 12.9. The third-order valence-electron chi connectivity index (χ3n) is 4.36. The normalized spacial score (nSPS) is 15.0. The maximum atomic E-state index is 12.9. The summed E-state index contributed by atoms with van der Waals surface area (Å²) >= 11 is 0. The van der Waals surface area contributed by atoms with Crippen LogP contribution in [-0.4, -0.2) is 30.6 Å². The molecule has 1 heterocycles. The highest BCUT2D eigenvalue weighted by molar-refractivity contribution is 6.14. The molecule has 1 N–H and O–H groups in total. The number of furan rings is 1. The van der Waals surface area contributed by atoms with E-state index >= 15 is 0 Å². The van der Waals surface area contributed by atoms with Gasteiger partial charge < -0.3 is 19.0 Å². The molecule has 0 fully saturated rings. The molecule has 1 aromatic heterocycles. The number of allylic oxidation sites excluding steroid dienone is 1. The van der Waals surface area contributed by atoms with Crippen molar-refractivity contribution in [3.63, 3.8) is 0 Å². The molecular weight excluding hydrogens is 336 g/mol. The van der Waals surface area contributed by atoms with Gasteiger partial charge in [0.2, 0.25) is 5.76 Å². The van der Waals surface area contributed by atoms with E-state index in [2.05, 4.69) is 0 Å². The molecule has 2 aromatic rings. The molecule has 0 radical (unpaired) electrons. The molecule has 0 spiro atoms. The smallest absolute Gasteiger partial charge is 0.374 e. The average Bonchev–Trinajstić information content (AvgIpc) is 2.95. The molecule has 0 saturated heterocycles. The van der Waals surface area contributed by atoms with Gasteiger partial charge in [0, 0.05) is 17.6 Å². The van der Waals surface area contributed by atoms with Crippen LogP contribution >= 0.6 is 0 Å². The Balaban J connectivity index is 1.95. The predicted molar refractivity (Wildman–Crippen MR) is 94.7 cm³/mol. The standard InChI is InChI=1S/C20H20O6/c1-4-25-20(23)19-11(2)17-16(26-19)8-6-13(18(17)22)9-12-5-7-15(24-3)14(21)10-12/h5,7,9-10,21H,4,6,8H2,1-3H3/b13-9-. The minimum absolute atomic E-state index is 0.00915. The summed E-state index contributed by atoms with van der Waals surface area (Å²) in [6, 6.07) is 4.95. The van der Waals surface area contributed by atoms with Crippen molar-refractivity contribution >= 4 is 17.8 Å². The van der Waals surface area contributed by atoms with Crippen molar-refractivity contribution in [2.75, 3.05) is 13.7 Å². The zero-order chi connectivity index (χ0) is 18.8. The van der Waals surface area contributed by atoms with Gasteiger partial charge >= 0.3 is 5.97 Å². The van der Waals surface area contributed by atoms with Gasteiger partial charge in [-0.15, -0.1) is 0 Å². The first-order chi connectivity index (χ1) is 12.5. The molecular formula is C20H20O6. The van der Waals surface area contributed by atoms with Crippen molar-refractivity contribution < 1.29 is 28.6 Å². The topological polar surface area (TPSA) is 86.0 Å². The van der Waals surface area contributed by atoms with Crippen molar-refractivity contribution in [1.82, 2.24) is 0 Å². The second kappa shape index (κ2) is 7.07. The Morgan fingerprint density at radius 1 is 1.35 bits per heavy atom. The van der Waals surface area contributed by atoms with Crippen LogP contribution in [0.5, 0.6) is 11.5 Å². The van der Waals surface area contributed by atoms with Gasteiger partial charge in [-0.05, 0) is 44.0 Å². The lowest BCUT2D eigenvalue weighted by molar-refractivity contribution is 0.0486. The van der Waals surface area contributed by atoms with Gasteiger partial charge in [0.15, 0.2) is 17.3 Å². The number of aromatic hydroxyl groups is 1. The molecule has 0 aliphatic heterocycles. The van der Waals surface area contributed by atoms with E-state index in [1.807, 2.05) is 0 Å². The van der Waals surface area contributed by atoms with Crippen LogP contribution in [0.4, 0.5) is 0 Å². The number of phenols is 1. The van der Waals surface area contributed by atoms with E-state index in [9.17, 15) is 14.7 Å². The summed E-state index contributed by atoms with van der Waals surface area (Å²) in [6.07, 6.45) is 2.75. The average molecular weight is 356 g/mol. The SMILES string of the molecule is CCOC(=O)c1oc2c(c1C)C(=O)/C(=C\c1ccc(OC)c(O)c1)CC2. The summed E-state index contributed by atoms with van der Waals surface area (Å²) < 4.78 is 15.6. The van der Waals surface area contributed by atoms with Crippen LogP contribution in [0.1, 0.15) is 51.1 Å². The molecule has 26 heavy (non-hydrogen) atoms. The van der Waals surface area contributed by atoms with Crippen molar-refractivity contribution in [1.29, 1.82) is 0 Å². The van der Waals surface area contributed by atoms with E-state index in [0.29, 0.717) is 46.6 Å².